The Morgan fingerprint density at radius 3 is 1.84 bits per heavy atom. The van der Waals surface area contributed by atoms with Gasteiger partial charge in [0, 0.05) is 6.42 Å². The first-order valence-corrected chi connectivity index (χ1v) is 7.91. The van der Waals surface area contributed by atoms with E-state index in [9.17, 15) is 0 Å². The molecular formula is C15H29N3O. The van der Waals surface area contributed by atoms with Crippen molar-refractivity contribution in [2.45, 2.75) is 84.0 Å². The van der Waals surface area contributed by atoms with Gasteiger partial charge in [-0.05, 0) is 11.6 Å². The molecule has 1 aromatic rings. The van der Waals surface area contributed by atoms with Gasteiger partial charge in [0.25, 0.3) is 5.95 Å². The highest BCUT2D eigenvalue weighted by molar-refractivity contribution is 5.10. The van der Waals surface area contributed by atoms with Gasteiger partial charge < -0.3 is 10.3 Å². The van der Waals surface area contributed by atoms with Crippen molar-refractivity contribution < 1.29 is 4.52 Å². The molecule has 2 N–H and O–H groups in total. The number of aryl methyl sites for hydroxylation is 1. The first-order chi connectivity index (χ1) is 9.33. The molecule has 1 heterocycles. The van der Waals surface area contributed by atoms with Crippen molar-refractivity contribution in [2.75, 3.05) is 5.73 Å². The Balaban J connectivity index is 1.79. The summed E-state index contributed by atoms with van der Waals surface area (Å²) < 4.78 is 4.97. The van der Waals surface area contributed by atoms with Crippen LogP contribution in [0.15, 0.2) is 4.52 Å². The number of rotatable bonds is 12. The van der Waals surface area contributed by atoms with Crippen LogP contribution in [0.25, 0.3) is 0 Å². The van der Waals surface area contributed by atoms with E-state index in [0.29, 0.717) is 5.89 Å². The molecular weight excluding hydrogens is 238 g/mol. The predicted octanol–water partition coefficient (Wildman–Crippen LogP) is 4.51. The molecule has 0 saturated carbocycles. The van der Waals surface area contributed by atoms with Crippen molar-refractivity contribution in [3.63, 3.8) is 0 Å². The maximum Gasteiger partial charge on any atom is 0.260 e. The van der Waals surface area contributed by atoms with E-state index in [-0.39, 0.29) is 5.95 Å². The monoisotopic (exact) mass is 267 g/mol. The fraction of sp³-hybridized carbons (Fsp3) is 0.867. The van der Waals surface area contributed by atoms with Crippen LogP contribution in [0.5, 0.6) is 0 Å². The zero-order valence-corrected chi connectivity index (χ0v) is 12.4. The van der Waals surface area contributed by atoms with Crippen molar-refractivity contribution in [1.29, 1.82) is 0 Å². The van der Waals surface area contributed by atoms with Gasteiger partial charge in [-0.2, -0.15) is 4.98 Å². The summed E-state index contributed by atoms with van der Waals surface area (Å²) in [5, 5.41) is 3.58. The highest BCUT2D eigenvalue weighted by Gasteiger charge is 2.01. The zero-order valence-electron chi connectivity index (χ0n) is 12.4. The smallest absolute Gasteiger partial charge is 0.260 e. The molecule has 0 radical (unpaired) electrons. The molecule has 0 aliphatic rings. The van der Waals surface area contributed by atoms with Gasteiger partial charge in [-0.1, -0.05) is 71.1 Å². The van der Waals surface area contributed by atoms with E-state index < -0.39 is 0 Å². The molecule has 0 aromatic carbocycles. The first-order valence-electron chi connectivity index (χ1n) is 7.91. The average Bonchev–Trinajstić information content (AvgIpc) is 2.82. The Hall–Kier alpha value is -1.06. The second-order valence-corrected chi connectivity index (χ2v) is 5.33. The molecule has 0 unspecified atom stereocenters. The maximum absolute atomic E-state index is 5.39. The number of hydrogen-bond donors (Lipinski definition) is 1. The molecule has 0 saturated heterocycles. The number of anilines is 1. The summed E-state index contributed by atoms with van der Waals surface area (Å²) in [5.74, 6) is 0.923. The predicted molar refractivity (Wildman–Crippen MR) is 78.9 cm³/mol. The molecule has 1 aromatic heterocycles. The molecule has 4 heteroatoms. The van der Waals surface area contributed by atoms with E-state index in [2.05, 4.69) is 17.1 Å². The standard InChI is InChI=1S/C15H29N3O/c1-2-3-4-5-6-7-8-9-10-11-12-13-14-17-15(16)18-19-14/h2-13H2,1H3,(H2,16,18). The van der Waals surface area contributed by atoms with Crippen LogP contribution in [-0.4, -0.2) is 10.1 Å². The Morgan fingerprint density at radius 2 is 1.37 bits per heavy atom. The van der Waals surface area contributed by atoms with Crippen molar-refractivity contribution in [2.24, 2.45) is 0 Å². The molecule has 110 valence electrons. The Labute approximate surface area is 117 Å². The van der Waals surface area contributed by atoms with Gasteiger partial charge in [0.1, 0.15) is 0 Å². The van der Waals surface area contributed by atoms with E-state index in [4.69, 9.17) is 10.3 Å². The number of aromatic nitrogens is 2. The number of unbranched alkanes of at least 4 members (excludes halogenated alkanes) is 10. The van der Waals surface area contributed by atoms with Gasteiger partial charge >= 0.3 is 0 Å². The van der Waals surface area contributed by atoms with E-state index in [1.54, 1.807) is 0 Å². The van der Waals surface area contributed by atoms with Crippen LogP contribution < -0.4 is 5.73 Å². The third-order valence-electron chi connectivity index (χ3n) is 3.48. The van der Waals surface area contributed by atoms with Crippen LogP contribution in [0.2, 0.25) is 0 Å². The molecule has 4 nitrogen and oxygen atoms in total. The molecule has 0 aliphatic carbocycles. The summed E-state index contributed by atoms with van der Waals surface area (Å²) in [6.07, 6.45) is 15.7. The Bertz CT molecular complexity index is 312. The third-order valence-corrected chi connectivity index (χ3v) is 3.48. The minimum absolute atomic E-state index is 0.248. The lowest BCUT2D eigenvalue weighted by molar-refractivity contribution is 0.374. The first kappa shape index (κ1) is 16.0. The van der Waals surface area contributed by atoms with E-state index in [1.807, 2.05) is 0 Å². The molecule has 19 heavy (non-hydrogen) atoms. The summed E-state index contributed by atoms with van der Waals surface area (Å²) in [4.78, 5) is 3.99. The van der Waals surface area contributed by atoms with Crippen molar-refractivity contribution in [3.8, 4) is 0 Å². The number of nitrogen functional groups attached to an aromatic ring is 1. The lowest BCUT2D eigenvalue weighted by atomic mass is 10.1. The molecule has 0 amide bonds. The van der Waals surface area contributed by atoms with Crippen LogP contribution in [0.1, 0.15) is 83.4 Å². The minimum Gasteiger partial charge on any atom is -0.365 e. The summed E-state index contributed by atoms with van der Waals surface area (Å²) in [5.41, 5.74) is 5.39. The lowest BCUT2D eigenvalue weighted by Crippen LogP contribution is -1.89. The molecule has 0 fully saturated rings. The SMILES string of the molecule is CCCCCCCCCCCCCc1nc(N)no1. The topological polar surface area (TPSA) is 64.9 Å². The van der Waals surface area contributed by atoms with Crippen LogP contribution >= 0.6 is 0 Å². The fourth-order valence-corrected chi connectivity index (χ4v) is 2.31. The van der Waals surface area contributed by atoms with Gasteiger partial charge in [-0.3, -0.25) is 0 Å². The van der Waals surface area contributed by atoms with E-state index >= 15 is 0 Å². The van der Waals surface area contributed by atoms with Crippen molar-refractivity contribution in [1.82, 2.24) is 10.1 Å². The summed E-state index contributed by atoms with van der Waals surface area (Å²) in [6, 6.07) is 0. The molecule has 0 spiro atoms. The molecule has 0 bridgehead atoms. The van der Waals surface area contributed by atoms with Crippen LogP contribution in [0.4, 0.5) is 5.95 Å². The Morgan fingerprint density at radius 1 is 0.842 bits per heavy atom. The number of hydrogen-bond acceptors (Lipinski definition) is 4. The van der Waals surface area contributed by atoms with Gasteiger partial charge in [-0.25, -0.2) is 0 Å². The Kier molecular flexibility index (Phi) is 9.11. The highest BCUT2D eigenvalue weighted by Crippen LogP contribution is 2.12. The quantitative estimate of drug-likeness (QED) is 0.566. The maximum atomic E-state index is 5.39. The molecule has 0 aliphatic heterocycles. The number of nitrogens with two attached hydrogens (primary N) is 1. The minimum atomic E-state index is 0.248. The summed E-state index contributed by atoms with van der Waals surface area (Å²) in [7, 11) is 0. The van der Waals surface area contributed by atoms with Crippen LogP contribution in [0.3, 0.4) is 0 Å². The normalized spacial score (nSPS) is 11.0. The van der Waals surface area contributed by atoms with Gasteiger partial charge in [-0.15, -0.1) is 0 Å². The van der Waals surface area contributed by atoms with E-state index in [0.717, 1.165) is 12.8 Å². The summed E-state index contributed by atoms with van der Waals surface area (Å²) >= 11 is 0. The largest absolute Gasteiger partial charge is 0.365 e. The summed E-state index contributed by atoms with van der Waals surface area (Å²) in [6.45, 7) is 2.27. The average molecular weight is 267 g/mol. The lowest BCUT2D eigenvalue weighted by Gasteiger charge is -2.01. The van der Waals surface area contributed by atoms with Gasteiger partial charge in [0.2, 0.25) is 5.89 Å². The highest BCUT2D eigenvalue weighted by atomic mass is 16.5. The molecule has 0 atom stereocenters. The third kappa shape index (κ3) is 8.62. The van der Waals surface area contributed by atoms with Gasteiger partial charge in [0.05, 0.1) is 0 Å². The fourth-order valence-electron chi connectivity index (χ4n) is 2.31. The van der Waals surface area contributed by atoms with Crippen molar-refractivity contribution in [3.05, 3.63) is 5.89 Å². The zero-order chi connectivity index (χ0) is 13.8. The van der Waals surface area contributed by atoms with Gasteiger partial charge in [0.15, 0.2) is 0 Å². The molecule has 1 rings (SSSR count). The van der Waals surface area contributed by atoms with Crippen LogP contribution in [0, 0.1) is 0 Å². The second-order valence-electron chi connectivity index (χ2n) is 5.33. The van der Waals surface area contributed by atoms with Crippen LogP contribution in [-0.2, 0) is 6.42 Å². The van der Waals surface area contributed by atoms with Crippen molar-refractivity contribution >= 4 is 5.95 Å². The number of nitrogens with zero attached hydrogens (tertiary/aromatic N) is 2. The van der Waals surface area contributed by atoms with E-state index in [1.165, 1.54) is 64.2 Å². The second kappa shape index (κ2) is 10.8.